The van der Waals surface area contributed by atoms with Crippen LogP contribution in [0.5, 0.6) is 17.2 Å². The number of rotatable bonds is 11. The smallest absolute Gasteiger partial charge is 0.336 e. The zero-order valence-corrected chi connectivity index (χ0v) is 42.3. The molecule has 0 saturated carbocycles. The number of carbonyl (C=O) groups excluding carboxylic acids is 3. The van der Waals surface area contributed by atoms with Gasteiger partial charge in [-0.1, -0.05) is 11.6 Å². The molecule has 6 aromatic rings. The molecule has 5 aromatic carbocycles. The maximum absolute atomic E-state index is 14.6. The molecular formula is C59H60ClN6O7+. The highest BCUT2D eigenvalue weighted by molar-refractivity contribution is 6.30. The van der Waals surface area contributed by atoms with E-state index in [0.29, 0.717) is 71.4 Å². The van der Waals surface area contributed by atoms with E-state index in [1.165, 1.54) is 33.3 Å². The van der Waals surface area contributed by atoms with Gasteiger partial charge < -0.3 is 29.7 Å². The number of carbonyl (C=O) groups is 4. The minimum atomic E-state index is -1.03. The Hall–Kier alpha value is -6.96. The van der Waals surface area contributed by atoms with Crippen LogP contribution in [0.2, 0.25) is 5.02 Å². The molecular weight excluding hydrogens is 940 g/mol. The number of nitrogens with one attached hydrogen (secondary N) is 1. The summed E-state index contributed by atoms with van der Waals surface area (Å²) in [4.78, 5) is 61.9. The van der Waals surface area contributed by atoms with Gasteiger partial charge in [0.2, 0.25) is 11.3 Å². The summed E-state index contributed by atoms with van der Waals surface area (Å²) in [5, 5.41) is 17.5. The van der Waals surface area contributed by atoms with Crippen LogP contribution in [0.4, 0.5) is 5.69 Å². The standard InChI is InChI=1S/C59H59ClN6O7/c1-35-45(46-33-41(72-2)17-19-50(46)66(35)58(69)36-12-15-40(60)16-13-36)34-51(67)61-20-7-21-62-26-28-65(29-27-62)57(68)39-14-18-42(59(70)71)47(32-39)52-48-30-37-8-3-22-63-24-5-10-43(53(37)63)55(48)73-56-44-11-6-25-64-23-4-9-38(54(44)64)31-49(52)56/h12-19,30-33H,3-11,20-29,34H2,1-2H3,(H-,61,67,70,71)/p+1. The van der Waals surface area contributed by atoms with Gasteiger partial charge in [0.15, 0.2) is 0 Å². The predicted octanol–water partition coefficient (Wildman–Crippen LogP) is 6.94. The monoisotopic (exact) mass is 999 g/mol. The minimum absolute atomic E-state index is 0.0991. The van der Waals surface area contributed by atoms with Crippen LogP contribution in [0.25, 0.3) is 16.5 Å². The molecule has 73 heavy (non-hydrogen) atoms. The van der Waals surface area contributed by atoms with Crippen LogP contribution >= 0.6 is 11.6 Å². The van der Waals surface area contributed by atoms with E-state index in [-0.39, 0.29) is 29.7 Å². The lowest BCUT2D eigenvalue weighted by Gasteiger charge is -2.39. The highest BCUT2D eigenvalue weighted by Crippen LogP contribution is 2.49. The molecule has 12 rings (SSSR count). The number of aryl methyl sites for hydroxylation is 2. The zero-order valence-electron chi connectivity index (χ0n) is 41.6. The average Bonchev–Trinajstić information content (AvgIpc) is 3.68. The topological polar surface area (TPSA) is 137 Å². The number of piperazine rings is 1. The molecule has 6 aliphatic heterocycles. The number of carboxylic acid groups (broad SMARTS) is 1. The van der Waals surface area contributed by atoms with Crippen LogP contribution < -0.4 is 34.8 Å². The van der Waals surface area contributed by atoms with Crippen LogP contribution in [-0.2, 0) is 36.9 Å². The van der Waals surface area contributed by atoms with Crippen molar-refractivity contribution in [3.05, 3.63) is 150 Å². The third-order valence-electron chi connectivity index (χ3n) is 16.3. The van der Waals surface area contributed by atoms with Crippen molar-refractivity contribution < 1.29 is 33.8 Å². The first kappa shape index (κ1) is 47.1. The van der Waals surface area contributed by atoms with Crippen LogP contribution in [0.3, 0.4) is 0 Å². The summed E-state index contributed by atoms with van der Waals surface area (Å²) in [6, 6.07) is 22.0. The number of benzene rings is 5. The molecule has 0 unspecified atom stereocenters. The van der Waals surface area contributed by atoms with E-state index < -0.39 is 5.97 Å². The SMILES string of the molecule is COc1ccc2c(c1)c(CC(=O)NCCCN1CCN(C(=O)c3ccc(C(=O)O)c(C4=c5cc6c7c(c5Oc5c4cc4c8c5CCCN8CCC4)CCC[N+]=7CCC6)c3)CC1)c(C)n2C(=O)c1ccc(Cl)cc1. The predicted molar refractivity (Wildman–Crippen MR) is 282 cm³/mol. The Morgan fingerprint density at radius 3 is 2.29 bits per heavy atom. The Morgan fingerprint density at radius 2 is 1.51 bits per heavy atom. The van der Waals surface area contributed by atoms with Gasteiger partial charge in [-0.2, -0.15) is 0 Å². The number of aromatic nitrogens is 1. The number of fused-ring (bicyclic) bond motifs is 5. The van der Waals surface area contributed by atoms with Gasteiger partial charge in [0, 0.05) is 119 Å². The first-order valence-electron chi connectivity index (χ1n) is 26.1. The van der Waals surface area contributed by atoms with Gasteiger partial charge in [-0.3, -0.25) is 23.9 Å². The molecule has 0 atom stereocenters. The molecule has 0 aliphatic carbocycles. The lowest BCUT2D eigenvalue weighted by atomic mass is 9.81. The number of hydrogen-bond donors (Lipinski definition) is 2. The van der Waals surface area contributed by atoms with Gasteiger partial charge in [0.05, 0.1) is 30.2 Å². The highest BCUT2D eigenvalue weighted by Gasteiger charge is 2.37. The number of nitrogens with zero attached hydrogens (tertiary/aromatic N) is 5. The Kier molecular flexibility index (Phi) is 12.3. The molecule has 7 heterocycles. The first-order chi connectivity index (χ1) is 35.5. The van der Waals surface area contributed by atoms with E-state index in [2.05, 4.69) is 31.8 Å². The zero-order chi connectivity index (χ0) is 50.1. The second-order valence-electron chi connectivity index (χ2n) is 20.5. The summed E-state index contributed by atoms with van der Waals surface area (Å²) in [7, 11) is 1.59. The van der Waals surface area contributed by atoms with Gasteiger partial charge in [-0.05, 0) is 148 Å². The van der Waals surface area contributed by atoms with Crippen molar-refractivity contribution in [3.63, 3.8) is 0 Å². The molecule has 13 nitrogen and oxygen atoms in total. The Labute approximate surface area is 429 Å². The molecule has 0 spiro atoms. The second kappa shape index (κ2) is 19.1. The summed E-state index contributed by atoms with van der Waals surface area (Å²) in [6.07, 6.45) is 8.77. The molecule has 1 aromatic heterocycles. The number of anilines is 1. The molecule has 374 valence electrons. The molecule has 0 radical (unpaired) electrons. The lowest BCUT2D eigenvalue weighted by molar-refractivity contribution is -0.120. The highest BCUT2D eigenvalue weighted by atomic mass is 35.5. The fourth-order valence-corrected chi connectivity index (χ4v) is 12.9. The molecule has 1 saturated heterocycles. The number of ether oxygens (including phenoxy) is 2. The van der Waals surface area contributed by atoms with Crippen LogP contribution in [0, 0.1) is 6.92 Å². The number of methoxy groups -OCH3 is 1. The van der Waals surface area contributed by atoms with Crippen molar-refractivity contribution >= 4 is 57.5 Å². The summed E-state index contributed by atoms with van der Waals surface area (Å²) in [5.74, 6) is 0.849. The minimum Gasteiger partial charge on any atom is -0.497 e. The summed E-state index contributed by atoms with van der Waals surface area (Å²) in [6.45, 7) is 9.61. The van der Waals surface area contributed by atoms with Crippen molar-refractivity contribution in [3.8, 4) is 17.2 Å². The van der Waals surface area contributed by atoms with Crippen molar-refractivity contribution in [2.45, 2.75) is 71.1 Å². The summed E-state index contributed by atoms with van der Waals surface area (Å²) in [5.41, 5.74) is 12.0. The molecule has 6 aliphatic rings. The van der Waals surface area contributed by atoms with E-state index in [0.717, 1.165) is 129 Å². The van der Waals surface area contributed by atoms with E-state index in [1.54, 1.807) is 48.1 Å². The summed E-state index contributed by atoms with van der Waals surface area (Å²) < 4.78 is 16.9. The Balaban J connectivity index is 0.763. The number of halogens is 1. The third kappa shape index (κ3) is 8.34. The van der Waals surface area contributed by atoms with E-state index >= 15 is 0 Å². The van der Waals surface area contributed by atoms with Gasteiger partial charge in [0.25, 0.3) is 11.8 Å². The van der Waals surface area contributed by atoms with Gasteiger partial charge in [-0.15, -0.1) is 0 Å². The molecule has 14 heteroatoms. The average molecular weight is 1000 g/mol. The first-order valence-corrected chi connectivity index (χ1v) is 26.5. The third-order valence-corrected chi connectivity index (χ3v) is 16.5. The van der Waals surface area contributed by atoms with E-state index in [1.807, 2.05) is 36.1 Å². The van der Waals surface area contributed by atoms with Crippen LogP contribution in [-0.4, -0.2) is 116 Å². The van der Waals surface area contributed by atoms with E-state index in [9.17, 15) is 24.3 Å². The number of hydrogen-bond acceptors (Lipinski definition) is 8. The Morgan fingerprint density at radius 1 is 0.767 bits per heavy atom. The molecule has 1 fully saturated rings. The molecule has 2 amide bonds. The van der Waals surface area contributed by atoms with Crippen LogP contribution in [0.15, 0.2) is 72.8 Å². The maximum atomic E-state index is 14.6. The number of carboxylic acids is 1. The lowest BCUT2D eigenvalue weighted by Crippen LogP contribution is -2.49. The van der Waals surface area contributed by atoms with E-state index in [4.69, 9.17) is 21.1 Å². The molecule has 2 N–H and O–H groups in total. The quantitative estimate of drug-likeness (QED) is 0.104. The van der Waals surface area contributed by atoms with Crippen molar-refractivity contribution in [1.29, 1.82) is 0 Å². The van der Waals surface area contributed by atoms with Gasteiger partial charge in [0.1, 0.15) is 30.3 Å². The fourth-order valence-electron chi connectivity index (χ4n) is 12.8. The molecule has 0 bridgehead atoms. The van der Waals surface area contributed by atoms with Crippen molar-refractivity contribution in [2.75, 3.05) is 77.5 Å². The van der Waals surface area contributed by atoms with Crippen molar-refractivity contribution in [2.24, 2.45) is 0 Å². The number of amides is 2. The Bertz CT molecular complexity index is 3440. The summed E-state index contributed by atoms with van der Waals surface area (Å²) >= 11 is 6.11. The fraction of sp³-hybridized carbons (Fsp3) is 0.373. The normalized spacial score (nSPS) is 16.8. The number of aromatic carboxylic acids is 1. The van der Waals surface area contributed by atoms with Gasteiger partial charge in [-0.25, -0.2) is 9.37 Å². The maximum Gasteiger partial charge on any atom is 0.336 e. The van der Waals surface area contributed by atoms with Gasteiger partial charge >= 0.3 is 5.97 Å². The largest absolute Gasteiger partial charge is 0.497 e. The second-order valence-corrected chi connectivity index (χ2v) is 21.0. The van der Waals surface area contributed by atoms with Crippen molar-refractivity contribution in [1.82, 2.24) is 24.3 Å². The van der Waals surface area contributed by atoms with Crippen LogP contribution in [0.1, 0.15) is 108 Å².